The van der Waals surface area contributed by atoms with Crippen LogP contribution >= 0.6 is 15.9 Å². The Morgan fingerprint density at radius 1 is 1.24 bits per heavy atom. The SMILES string of the molecule is CCCCOc1ccc(Br)cc1C=NNC(=O)CCNC(=O)c1ccccc1F. The molecule has 0 aliphatic heterocycles. The van der Waals surface area contributed by atoms with Crippen LogP contribution in [-0.4, -0.2) is 31.2 Å². The van der Waals surface area contributed by atoms with Crippen molar-refractivity contribution in [1.29, 1.82) is 0 Å². The van der Waals surface area contributed by atoms with E-state index >= 15 is 0 Å². The summed E-state index contributed by atoms with van der Waals surface area (Å²) in [6.45, 7) is 2.76. The fraction of sp³-hybridized carbons (Fsp3) is 0.286. The van der Waals surface area contributed by atoms with Crippen LogP contribution in [0.15, 0.2) is 52.0 Å². The Labute approximate surface area is 177 Å². The quantitative estimate of drug-likeness (QED) is 0.317. The van der Waals surface area contributed by atoms with E-state index in [0.29, 0.717) is 12.4 Å². The summed E-state index contributed by atoms with van der Waals surface area (Å²) in [6, 6.07) is 11.2. The number of hydrogen-bond acceptors (Lipinski definition) is 4. The van der Waals surface area contributed by atoms with Crippen molar-refractivity contribution in [3.05, 3.63) is 63.9 Å². The van der Waals surface area contributed by atoms with Gasteiger partial charge in [0.2, 0.25) is 5.91 Å². The monoisotopic (exact) mass is 463 g/mol. The molecular formula is C21H23BrFN3O3. The predicted molar refractivity (Wildman–Crippen MR) is 114 cm³/mol. The van der Waals surface area contributed by atoms with Gasteiger partial charge in [0.1, 0.15) is 11.6 Å². The summed E-state index contributed by atoms with van der Waals surface area (Å²) in [5.41, 5.74) is 3.07. The first-order chi connectivity index (χ1) is 14.0. The van der Waals surface area contributed by atoms with Crippen molar-refractivity contribution in [3.8, 4) is 5.75 Å². The van der Waals surface area contributed by atoms with Crippen LogP contribution in [0.4, 0.5) is 4.39 Å². The average molecular weight is 464 g/mol. The highest BCUT2D eigenvalue weighted by atomic mass is 79.9. The number of unbranched alkanes of at least 4 members (excludes halogenated alkanes) is 1. The second-order valence-corrected chi connectivity index (χ2v) is 7.08. The normalized spacial score (nSPS) is 10.7. The van der Waals surface area contributed by atoms with Crippen LogP contribution in [0.3, 0.4) is 0 Å². The molecule has 0 fully saturated rings. The Balaban J connectivity index is 1.81. The minimum Gasteiger partial charge on any atom is -0.493 e. The number of ether oxygens (including phenoxy) is 1. The van der Waals surface area contributed by atoms with Crippen LogP contribution in [0.2, 0.25) is 0 Å². The highest BCUT2D eigenvalue weighted by Crippen LogP contribution is 2.22. The minimum atomic E-state index is -0.606. The lowest BCUT2D eigenvalue weighted by Gasteiger charge is -2.09. The van der Waals surface area contributed by atoms with Crippen LogP contribution in [-0.2, 0) is 4.79 Å². The number of hydrazone groups is 1. The van der Waals surface area contributed by atoms with E-state index in [-0.39, 0.29) is 24.4 Å². The van der Waals surface area contributed by atoms with Gasteiger partial charge in [0.15, 0.2) is 0 Å². The molecule has 0 saturated heterocycles. The first-order valence-electron chi connectivity index (χ1n) is 9.28. The second-order valence-electron chi connectivity index (χ2n) is 6.16. The summed E-state index contributed by atoms with van der Waals surface area (Å²) in [5.74, 6) is -0.872. The van der Waals surface area contributed by atoms with Gasteiger partial charge in [-0.25, -0.2) is 9.82 Å². The number of carbonyl (C=O) groups excluding carboxylic acids is 2. The van der Waals surface area contributed by atoms with Gasteiger partial charge in [-0.2, -0.15) is 5.10 Å². The van der Waals surface area contributed by atoms with Crippen LogP contribution in [0.1, 0.15) is 42.1 Å². The van der Waals surface area contributed by atoms with Crippen molar-refractivity contribution in [2.75, 3.05) is 13.2 Å². The molecule has 8 heteroatoms. The number of hydrogen-bond donors (Lipinski definition) is 2. The zero-order valence-electron chi connectivity index (χ0n) is 16.1. The number of nitrogens with one attached hydrogen (secondary N) is 2. The zero-order chi connectivity index (χ0) is 21.1. The van der Waals surface area contributed by atoms with Gasteiger partial charge in [-0.3, -0.25) is 9.59 Å². The van der Waals surface area contributed by atoms with Crippen molar-refractivity contribution in [2.24, 2.45) is 5.10 Å². The topological polar surface area (TPSA) is 79.8 Å². The lowest BCUT2D eigenvalue weighted by molar-refractivity contribution is -0.120. The second kappa shape index (κ2) is 12.0. The lowest BCUT2D eigenvalue weighted by Crippen LogP contribution is -2.29. The Hall–Kier alpha value is -2.74. The summed E-state index contributed by atoms with van der Waals surface area (Å²) < 4.78 is 20.1. The molecule has 29 heavy (non-hydrogen) atoms. The van der Waals surface area contributed by atoms with Crippen LogP contribution in [0, 0.1) is 5.82 Å². The smallest absolute Gasteiger partial charge is 0.254 e. The van der Waals surface area contributed by atoms with Crippen LogP contribution in [0.25, 0.3) is 0 Å². The maximum atomic E-state index is 13.5. The number of amides is 2. The zero-order valence-corrected chi connectivity index (χ0v) is 17.7. The van der Waals surface area contributed by atoms with E-state index < -0.39 is 11.7 Å². The van der Waals surface area contributed by atoms with Gasteiger partial charge in [-0.1, -0.05) is 41.4 Å². The number of nitrogens with zero attached hydrogens (tertiary/aromatic N) is 1. The molecule has 0 saturated carbocycles. The van der Waals surface area contributed by atoms with E-state index in [4.69, 9.17) is 4.74 Å². The number of halogens is 2. The molecule has 0 radical (unpaired) electrons. The van der Waals surface area contributed by atoms with Crippen molar-refractivity contribution in [3.63, 3.8) is 0 Å². The summed E-state index contributed by atoms with van der Waals surface area (Å²) in [4.78, 5) is 23.8. The molecule has 0 unspecified atom stereocenters. The van der Waals surface area contributed by atoms with Crippen LogP contribution in [0.5, 0.6) is 5.75 Å². The third-order valence-electron chi connectivity index (χ3n) is 3.88. The van der Waals surface area contributed by atoms with Crippen molar-refractivity contribution in [2.45, 2.75) is 26.2 Å². The molecule has 0 aliphatic rings. The van der Waals surface area contributed by atoms with Gasteiger partial charge in [-0.15, -0.1) is 0 Å². The molecule has 0 aliphatic carbocycles. The number of benzene rings is 2. The summed E-state index contributed by atoms with van der Waals surface area (Å²) >= 11 is 3.40. The molecule has 0 heterocycles. The highest BCUT2D eigenvalue weighted by molar-refractivity contribution is 9.10. The first-order valence-corrected chi connectivity index (χ1v) is 10.1. The fourth-order valence-corrected chi connectivity index (χ4v) is 2.72. The predicted octanol–water partition coefficient (Wildman–Crippen LogP) is 4.04. The third-order valence-corrected chi connectivity index (χ3v) is 4.37. The summed E-state index contributed by atoms with van der Waals surface area (Å²) in [7, 11) is 0. The summed E-state index contributed by atoms with van der Waals surface area (Å²) in [5, 5.41) is 6.45. The molecule has 2 amide bonds. The van der Waals surface area contributed by atoms with Gasteiger partial charge >= 0.3 is 0 Å². The van der Waals surface area contributed by atoms with E-state index in [0.717, 1.165) is 22.9 Å². The molecule has 2 aromatic rings. The molecular weight excluding hydrogens is 441 g/mol. The van der Waals surface area contributed by atoms with E-state index in [1.54, 1.807) is 6.07 Å². The molecule has 0 spiro atoms. The molecule has 0 bridgehead atoms. The number of carbonyl (C=O) groups is 2. The Kier molecular flexibility index (Phi) is 9.30. The Morgan fingerprint density at radius 3 is 2.79 bits per heavy atom. The lowest BCUT2D eigenvalue weighted by atomic mass is 10.2. The molecule has 154 valence electrons. The van der Waals surface area contributed by atoms with Crippen molar-refractivity contribution < 1.29 is 18.7 Å². The molecule has 2 aromatic carbocycles. The van der Waals surface area contributed by atoms with Crippen LogP contribution < -0.4 is 15.5 Å². The fourth-order valence-electron chi connectivity index (χ4n) is 2.34. The van der Waals surface area contributed by atoms with Gasteiger partial charge in [0.25, 0.3) is 5.91 Å². The van der Waals surface area contributed by atoms with E-state index in [2.05, 4.69) is 38.7 Å². The van der Waals surface area contributed by atoms with E-state index in [1.165, 1.54) is 24.4 Å². The first kappa shape index (κ1) is 22.5. The highest BCUT2D eigenvalue weighted by Gasteiger charge is 2.10. The average Bonchev–Trinajstić information content (AvgIpc) is 2.70. The van der Waals surface area contributed by atoms with Gasteiger partial charge in [0.05, 0.1) is 18.4 Å². The third kappa shape index (κ3) is 7.65. The van der Waals surface area contributed by atoms with Crippen molar-refractivity contribution in [1.82, 2.24) is 10.7 Å². The Bertz CT molecular complexity index is 874. The number of rotatable bonds is 10. The van der Waals surface area contributed by atoms with E-state index in [9.17, 15) is 14.0 Å². The van der Waals surface area contributed by atoms with Gasteiger partial charge in [-0.05, 0) is 36.8 Å². The Morgan fingerprint density at radius 2 is 2.03 bits per heavy atom. The molecule has 2 N–H and O–H groups in total. The molecule has 6 nitrogen and oxygen atoms in total. The minimum absolute atomic E-state index is 0.00980. The largest absolute Gasteiger partial charge is 0.493 e. The van der Waals surface area contributed by atoms with E-state index in [1.807, 2.05) is 18.2 Å². The van der Waals surface area contributed by atoms with Gasteiger partial charge in [0, 0.05) is 23.0 Å². The van der Waals surface area contributed by atoms with Crippen molar-refractivity contribution >= 4 is 34.0 Å². The molecule has 0 atom stereocenters. The molecule has 2 rings (SSSR count). The molecule has 0 aromatic heterocycles. The maximum Gasteiger partial charge on any atom is 0.254 e. The maximum absolute atomic E-state index is 13.5. The standard InChI is InChI=1S/C21H23BrFN3O3/c1-2-3-12-29-19-9-8-16(22)13-15(19)14-25-26-20(27)10-11-24-21(28)17-6-4-5-7-18(17)23/h4-9,13-14H,2-3,10-12H2,1H3,(H,24,28)(H,26,27). The van der Waals surface area contributed by atoms with Gasteiger partial charge < -0.3 is 10.1 Å². The summed E-state index contributed by atoms with van der Waals surface area (Å²) in [6.07, 6.45) is 3.49.